The Morgan fingerprint density at radius 2 is 1.34 bits per heavy atom. The van der Waals surface area contributed by atoms with Gasteiger partial charge in [0.05, 0.1) is 17.6 Å². The fraction of sp³-hybridized carbons (Fsp3) is 0. The number of amides is 1. The van der Waals surface area contributed by atoms with E-state index in [1.165, 1.54) is 0 Å². The Balaban J connectivity index is 1.66. The van der Waals surface area contributed by atoms with Crippen molar-refractivity contribution in [1.82, 2.24) is 20.4 Å². The third kappa shape index (κ3) is 4.56. The molecule has 1 N–H and O–H groups in total. The van der Waals surface area contributed by atoms with Crippen LogP contribution < -0.4 is 5.43 Å². The molecule has 0 bridgehead atoms. The lowest BCUT2D eigenvalue weighted by molar-refractivity contribution is 0.0945. The van der Waals surface area contributed by atoms with Crippen molar-refractivity contribution in [3.63, 3.8) is 0 Å². The summed E-state index contributed by atoms with van der Waals surface area (Å²) >= 11 is 0. The van der Waals surface area contributed by atoms with Crippen LogP contribution in [0.5, 0.6) is 0 Å². The summed E-state index contributed by atoms with van der Waals surface area (Å²) in [6, 6.07) is 24.8. The largest absolute Gasteiger partial charge is 0.309 e. The molecule has 2 aromatic heterocycles. The molecule has 4 aromatic rings. The predicted octanol–water partition coefficient (Wildman–Crippen LogP) is 3.97. The van der Waals surface area contributed by atoms with E-state index in [0.717, 1.165) is 16.7 Å². The lowest BCUT2D eigenvalue weighted by Crippen LogP contribution is -2.21. The summed E-state index contributed by atoms with van der Waals surface area (Å²) in [5.41, 5.74) is 6.46. The zero-order valence-electron chi connectivity index (χ0n) is 15.4. The van der Waals surface area contributed by atoms with Crippen LogP contribution in [0.15, 0.2) is 96.4 Å². The lowest BCUT2D eigenvalue weighted by atomic mass is 10.1. The maximum Gasteiger partial charge on any atom is 0.309 e. The van der Waals surface area contributed by atoms with Gasteiger partial charge in [0, 0.05) is 23.5 Å². The highest BCUT2D eigenvalue weighted by Gasteiger charge is 2.14. The number of rotatable bonds is 5. The molecule has 2 aromatic carbocycles. The maximum atomic E-state index is 12.6. The topological polar surface area (TPSA) is 80.1 Å². The number of carbonyl (C=O) groups excluding carboxylic acids is 1. The van der Waals surface area contributed by atoms with Crippen LogP contribution in [-0.2, 0) is 0 Å². The number of carbonyl (C=O) groups is 1. The molecule has 0 aliphatic rings. The van der Waals surface area contributed by atoms with Gasteiger partial charge >= 0.3 is 5.91 Å². The normalized spacial score (nSPS) is 10.8. The highest BCUT2D eigenvalue weighted by molar-refractivity contribution is 5.92. The van der Waals surface area contributed by atoms with Gasteiger partial charge in [0.15, 0.2) is 0 Å². The van der Waals surface area contributed by atoms with E-state index in [4.69, 9.17) is 0 Å². The molecule has 0 saturated heterocycles. The van der Waals surface area contributed by atoms with Crippen LogP contribution >= 0.6 is 0 Å². The van der Waals surface area contributed by atoms with Crippen molar-refractivity contribution in [2.45, 2.75) is 0 Å². The molecule has 0 fully saturated rings. The van der Waals surface area contributed by atoms with Crippen molar-refractivity contribution in [3.05, 3.63) is 103 Å². The minimum Gasteiger partial charge on any atom is -0.265 e. The molecular weight excluding hydrogens is 362 g/mol. The van der Waals surface area contributed by atoms with Crippen molar-refractivity contribution < 1.29 is 4.79 Å². The van der Waals surface area contributed by atoms with Crippen molar-refractivity contribution in [2.24, 2.45) is 5.10 Å². The van der Waals surface area contributed by atoms with Crippen LogP contribution in [0.25, 0.3) is 22.5 Å². The summed E-state index contributed by atoms with van der Waals surface area (Å²) in [4.78, 5) is 25.5. The average molecular weight is 379 g/mol. The van der Waals surface area contributed by atoms with Crippen LogP contribution in [0.3, 0.4) is 0 Å². The van der Waals surface area contributed by atoms with Gasteiger partial charge in [0.2, 0.25) is 5.82 Å². The van der Waals surface area contributed by atoms with Gasteiger partial charge in [0.25, 0.3) is 0 Å². The van der Waals surface area contributed by atoms with Crippen LogP contribution in [0.2, 0.25) is 0 Å². The molecule has 1 amide bonds. The van der Waals surface area contributed by atoms with Gasteiger partial charge in [-0.2, -0.15) is 5.10 Å². The monoisotopic (exact) mass is 379 g/mol. The molecule has 0 atom stereocenters. The Morgan fingerprint density at radius 1 is 0.793 bits per heavy atom. The zero-order chi connectivity index (χ0) is 19.9. The molecule has 6 nitrogen and oxygen atoms in total. The third-order valence-electron chi connectivity index (χ3n) is 4.15. The van der Waals surface area contributed by atoms with Gasteiger partial charge in [-0.15, -0.1) is 0 Å². The number of hydrogen-bond donors (Lipinski definition) is 1. The predicted molar refractivity (Wildman–Crippen MR) is 112 cm³/mol. The lowest BCUT2D eigenvalue weighted by Gasteiger charge is -2.08. The van der Waals surface area contributed by atoms with Gasteiger partial charge in [-0.25, -0.2) is 15.4 Å². The van der Waals surface area contributed by atoms with Gasteiger partial charge < -0.3 is 0 Å². The minimum atomic E-state index is -0.481. The van der Waals surface area contributed by atoms with Crippen LogP contribution in [0, 0.1) is 0 Å². The molecule has 0 spiro atoms. The first-order valence-electron chi connectivity index (χ1n) is 9.03. The van der Waals surface area contributed by atoms with E-state index in [0.29, 0.717) is 11.4 Å². The number of nitrogens with one attached hydrogen (secondary N) is 1. The van der Waals surface area contributed by atoms with Gasteiger partial charge in [0.1, 0.15) is 0 Å². The van der Waals surface area contributed by atoms with Gasteiger partial charge in [-0.1, -0.05) is 60.7 Å². The van der Waals surface area contributed by atoms with E-state index in [-0.39, 0.29) is 5.82 Å². The molecule has 6 heteroatoms. The number of benzene rings is 2. The summed E-state index contributed by atoms with van der Waals surface area (Å²) < 4.78 is 0. The number of hydrazone groups is 1. The number of aromatic nitrogens is 3. The molecule has 0 aliphatic carbocycles. The fourth-order valence-corrected chi connectivity index (χ4v) is 2.73. The molecule has 0 saturated carbocycles. The minimum absolute atomic E-state index is 0.0529. The molecule has 0 aliphatic heterocycles. The molecule has 140 valence electrons. The Hall–Kier alpha value is -4.19. The number of hydrogen-bond acceptors (Lipinski definition) is 5. The SMILES string of the molecule is O=C(N/N=C\c1ccncc1)c1nc(-c2ccccc2)cc(-c2ccccc2)n1. The molecule has 29 heavy (non-hydrogen) atoms. The second-order valence-corrected chi connectivity index (χ2v) is 6.17. The number of nitrogens with zero attached hydrogens (tertiary/aromatic N) is 4. The van der Waals surface area contributed by atoms with Crippen molar-refractivity contribution in [1.29, 1.82) is 0 Å². The fourth-order valence-electron chi connectivity index (χ4n) is 2.73. The van der Waals surface area contributed by atoms with Gasteiger partial charge in [-0.3, -0.25) is 9.78 Å². The highest BCUT2D eigenvalue weighted by atomic mass is 16.2. The third-order valence-corrected chi connectivity index (χ3v) is 4.15. The van der Waals surface area contributed by atoms with Crippen molar-refractivity contribution in [3.8, 4) is 22.5 Å². The maximum absolute atomic E-state index is 12.6. The average Bonchev–Trinajstić information content (AvgIpc) is 2.80. The Labute approximate surface area is 168 Å². The first-order chi connectivity index (χ1) is 14.3. The van der Waals surface area contributed by atoms with E-state index in [9.17, 15) is 4.79 Å². The Bertz CT molecular complexity index is 1070. The highest BCUT2D eigenvalue weighted by Crippen LogP contribution is 2.23. The first kappa shape index (κ1) is 18.2. The summed E-state index contributed by atoms with van der Waals surface area (Å²) in [6.45, 7) is 0. The van der Waals surface area contributed by atoms with Crippen LogP contribution in [-0.4, -0.2) is 27.1 Å². The smallest absolute Gasteiger partial charge is 0.265 e. The first-order valence-corrected chi connectivity index (χ1v) is 9.03. The molecular formula is C23H17N5O. The molecule has 0 radical (unpaired) electrons. The second-order valence-electron chi connectivity index (χ2n) is 6.17. The molecule has 4 rings (SSSR count). The van der Waals surface area contributed by atoms with E-state index in [1.54, 1.807) is 30.7 Å². The van der Waals surface area contributed by atoms with Crippen molar-refractivity contribution >= 4 is 12.1 Å². The Kier molecular flexibility index (Phi) is 5.43. The van der Waals surface area contributed by atoms with Crippen LogP contribution in [0.1, 0.15) is 16.2 Å². The second kappa shape index (κ2) is 8.67. The van der Waals surface area contributed by atoms with Gasteiger partial charge in [-0.05, 0) is 23.8 Å². The van der Waals surface area contributed by atoms with E-state index in [1.807, 2.05) is 66.7 Å². The van der Waals surface area contributed by atoms with E-state index < -0.39 is 5.91 Å². The quantitative estimate of drug-likeness (QED) is 0.420. The molecule has 2 heterocycles. The summed E-state index contributed by atoms with van der Waals surface area (Å²) in [5, 5.41) is 3.99. The summed E-state index contributed by atoms with van der Waals surface area (Å²) in [7, 11) is 0. The van der Waals surface area contributed by atoms with Crippen molar-refractivity contribution in [2.75, 3.05) is 0 Å². The Morgan fingerprint density at radius 3 is 1.90 bits per heavy atom. The number of pyridine rings is 1. The summed E-state index contributed by atoms with van der Waals surface area (Å²) in [5.74, 6) is -0.428. The zero-order valence-corrected chi connectivity index (χ0v) is 15.4. The summed E-state index contributed by atoms with van der Waals surface area (Å²) in [6.07, 6.45) is 4.85. The van der Waals surface area contributed by atoms with Crippen LogP contribution in [0.4, 0.5) is 0 Å². The molecule has 0 unspecified atom stereocenters. The van der Waals surface area contributed by atoms with E-state index >= 15 is 0 Å². The van der Waals surface area contributed by atoms with E-state index in [2.05, 4.69) is 25.5 Å². The standard InChI is InChI=1S/C23H17N5O/c29-23(28-25-16-17-11-13-24-14-12-17)22-26-20(18-7-3-1-4-8-18)15-21(27-22)19-9-5-2-6-10-19/h1-16H,(H,28,29)/b25-16-.